The number of nitrogens with two attached hydrogens (primary N) is 1. The van der Waals surface area contributed by atoms with Crippen molar-refractivity contribution in [3.8, 4) is 5.75 Å². The van der Waals surface area contributed by atoms with E-state index in [0.717, 1.165) is 17.0 Å². The summed E-state index contributed by atoms with van der Waals surface area (Å²) < 4.78 is 63.5. The molecule has 50 heavy (non-hydrogen) atoms. The number of amides is 3. The van der Waals surface area contributed by atoms with E-state index in [1.807, 2.05) is 13.1 Å². The number of carbonyl (C=O) groups is 3. The molecule has 0 bridgehead atoms. The minimum absolute atomic E-state index is 0.000568. The Morgan fingerprint density at radius 1 is 1.02 bits per heavy atom. The van der Waals surface area contributed by atoms with E-state index in [0.29, 0.717) is 21.9 Å². The SMILES string of the molecule is Cc1c[n+]2cc(CN(C(=O)Nc3ccc(C(=O)OC(C)C)cc3)[C@@H](Cc3ccc(O)cc3)C(N)=O)n(Cc3ccc(F)c(C(F)(F)F)c3)c2s1. The fourth-order valence-electron chi connectivity index (χ4n) is 5.36. The minimum Gasteiger partial charge on any atom is -0.508 e. The molecule has 0 saturated carbocycles. The molecule has 0 radical (unpaired) electrons. The van der Waals surface area contributed by atoms with Crippen LogP contribution in [0, 0.1) is 12.7 Å². The number of alkyl halides is 3. The number of carbonyl (C=O) groups excluding carboxylic acids is 3. The van der Waals surface area contributed by atoms with Gasteiger partial charge < -0.3 is 25.8 Å². The second-order valence-corrected chi connectivity index (χ2v) is 13.1. The Morgan fingerprint density at radius 2 is 1.68 bits per heavy atom. The molecule has 0 saturated heterocycles. The molecule has 10 nitrogen and oxygen atoms in total. The van der Waals surface area contributed by atoms with E-state index in [4.69, 9.17) is 10.5 Å². The first-order chi connectivity index (χ1) is 23.6. The zero-order chi connectivity index (χ0) is 36.3. The Morgan fingerprint density at radius 3 is 2.30 bits per heavy atom. The third-order valence-electron chi connectivity index (χ3n) is 7.71. The van der Waals surface area contributed by atoms with Gasteiger partial charge in [0.25, 0.3) is 0 Å². The maximum Gasteiger partial charge on any atom is 0.419 e. The number of fused-ring (bicyclic) bond motifs is 1. The molecule has 5 rings (SSSR count). The lowest BCUT2D eigenvalue weighted by atomic mass is 10.0. The third-order valence-corrected chi connectivity index (χ3v) is 8.76. The van der Waals surface area contributed by atoms with Crippen LogP contribution in [0.1, 0.15) is 51.5 Å². The number of nitrogens with zero attached hydrogens (tertiary/aromatic N) is 3. The Kier molecular flexibility index (Phi) is 10.5. The van der Waals surface area contributed by atoms with Crippen LogP contribution in [0.2, 0.25) is 0 Å². The van der Waals surface area contributed by atoms with Crippen LogP contribution < -0.4 is 15.5 Å². The number of esters is 1. The molecule has 15 heteroatoms. The van der Waals surface area contributed by atoms with Crippen molar-refractivity contribution in [2.75, 3.05) is 5.32 Å². The lowest BCUT2D eigenvalue weighted by Crippen LogP contribution is -2.50. The van der Waals surface area contributed by atoms with Crippen molar-refractivity contribution >= 4 is 39.9 Å². The molecule has 0 fully saturated rings. The summed E-state index contributed by atoms with van der Waals surface area (Å²) in [5.74, 6) is -2.78. The molecule has 0 aliphatic carbocycles. The van der Waals surface area contributed by atoms with E-state index in [-0.39, 0.29) is 42.5 Å². The zero-order valence-corrected chi connectivity index (χ0v) is 28.0. The van der Waals surface area contributed by atoms with Crippen LogP contribution in [-0.4, -0.2) is 44.6 Å². The lowest BCUT2D eigenvalue weighted by Gasteiger charge is -2.29. The zero-order valence-electron chi connectivity index (χ0n) is 27.2. The van der Waals surface area contributed by atoms with Gasteiger partial charge in [-0.2, -0.15) is 17.6 Å². The maximum atomic E-state index is 14.1. The maximum absolute atomic E-state index is 14.1. The number of anilines is 1. The second-order valence-electron chi connectivity index (χ2n) is 11.9. The monoisotopic (exact) mass is 712 g/mol. The van der Waals surface area contributed by atoms with Crippen LogP contribution in [0.15, 0.2) is 79.1 Å². The standard InChI is InChI=1S/C35H33F4N5O5S/c1-20(2)49-32(47)24-7-9-25(10-8-24)41-33(48)44(30(31(40)46)15-22-4-11-27(45)12-5-22)19-26-18-42-16-21(3)50-34(42)43(26)17-23-6-13-29(36)28(14-23)35(37,38)39/h4-14,16,18,20,30H,15,17,19H2,1-3H3,(H3-,40,41,45,46,47,48)/p+1/t30-/m0/s1. The van der Waals surface area contributed by atoms with E-state index in [2.05, 4.69) is 5.32 Å². The van der Waals surface area contributed by atoms with Crippen molar-refractivity contribution in [1.82, 2.24) is 9.47 Å². The highest BCUT2D eigenvalue weighted by atomic mass is 32.1. The molecule has 0 unspecified atom stereocenters. The smallest absolute Gasteiger partial charge is 0.419 e. The number of halogens is 4. The van der Waals surface area contributed by atoms with Crippen molar-refractivity contribution in [2.24, 2.45) is 5.73 Å². The number of imidazole rings is 1. The Hall–Kier alpha value is -5.44. The molecule has 3 amide bonds. The van der Waals surface area contributed by atoms with Crippen molar-refractivity contribution in [1.29, 1.82) is 0 Å². The molecular formula is C35H34F4N5O5S+. The van der Waals surface area contributed by atoms with Gasteiger partial charge in [0.05, 0.1) is 23.8 Å². The molecule has 0 spiro atoms. The van der Waals surface area contributed by atoms with Crippen molar-refractivity contribution in [3.05, 3.63) is 118 Å². The number of thiazole rings is 1. The van der Waals surface area contributed by atoms with E-state index >= 15 is 0 Å². The van der Waals surface area contributed by atoms with Crippen molar-refractivity contribution in [2.45, 2.75) is 58.6 Å². The van der Waals surface area contributed by atoms with Crippen molar-refractivity contribution < 1.29 is 46.2 Å². The van der Waals surface area contributed by atoms with Crippen molar-refractivity contribution in [3.63, 3.8) is 0 Å². The normalized spacial score (nSPS) is 12.2. The number of primary amides is 1. The van der Waals surface area contributed by atoms with Gasteiger partial charge in [0.1, 0.15) is 36.5 Å². The first kappa shape index (κ1) is 35.9. The summed E-state index contributed by atoms with van der Waals surface area (Å²) in [6.45, 7) is 4.95. The number of aromatic nitrogens is 2. The van der Waals surface area contributed by atoms with E-state index in [1.165, 1.54) is 58.7 Å². The third kappa shape index (κ3) is 8.40. The van der Waals surface area contributed by atoms with E-state index in [1.54, 1.807) is 41.1 Å². The highest BCUT2D eigenvalue weighted by molar-refractivity contribution is 7.16. The van der Waals surface area contributed by atoms with Gasteiger partial charge in [-0.25, -0.2) is 18.5 Å². The molecule has 0 aliphatic heterocycles. The van der Waals surface area contributed by atoms with Gasteiger partial charge in [0.15, 0.2) is 5.69 Å². The predicted molar refractivity (Wildman–Crippen MR) is 177 cm³/mol. The number of urea groups is 1. The van der Waals surface area contributed by atoms with Crippen LogP contribution in [0.3, 0.4) is 0 Å². The number of phenols is 1. The quantitative estimate of drug-likeness (QED) is 0.0853. The van der Waals surface area contributed by atoms with Crippen LogP contribution in [-0.2, 0) is 35.2 Å². The van der Waals surface area contributed by atoms with E-state index < -0.39 is 41.5 Å². The molecule has 2 heterocycles. The van der Waals surface area contributed by atoms with Crippen LogP contribution in [0.5, 0.6) is 5.75 Å². The number of benzene rings is 3. The van der Waals surface area contributed by atoms with Crippen LogP contribution in [0.25, 0.3) is 4.96 Å². The summed E-state index contributed by atoms with van der Waals surface area (Å²) in [7, 11) is 0. The summed E-state index contributed by atoms with van der Waals surface area (Å²) in [5.41, 5.74) is 6.22. The topological polar surface area (TPSA) is 131 Å². The Balaban J connectivity index is 1.53. The highest BCUT2D eigenvalue weighted by Crippen LogP contribution is 2.32. The highest BCUT2D eigenvalue weighted by Gasteiger charge is 2.35. The van der Waals surface area contributed by atoms with E-state index in [9.17, 15) is 37.1 Å². The molecule has 3 aromatic carbocycles. The number of ether oxygens (including phenoxy) is 1. The van der Waals surface area contributed by atoms with Crippen LogP contribution >= 0.6 is 11.3 Å². The van der Waals surface area contributed by atoms with Gasteiger partial charge in [-0.3, -0.25) is 4.79 Å². The van der Waals surface area contributed by atoms with Gasteiger partial charge in [0, 0.05) is 17.0 Å². The molecule has 0 aliphatic rings. The molecule has 262 valence electrons. The number of phenolic OH excluding ortho intramolecular Hbond substituents is 1. The second kappa shape index (κ2) is 14.6. The molecule has 4 N–H and O–H groups in total. The summed E-state index contributed by atoms with van der Waals surface area (Å²) >= 11 is 1.35. The summed E-state index contributed by atoms with van der Waals surface area (Å²) in [6.07, 6.45) is -1.77. The number of aryl methyl sites for hydroxylation is 1. The lowest BCUT2D eigenvalue weighted by molar-refractivity contribution is -0.506. The fraction of sp³-hybridized carbons (Fsp3) is 0.257. The predicted octanol–water partition coefficient (Wildman–Crippen LogP) is 6.20. The van der Waals surface area contributed by atoms with Gasteiger partial charge in [-0.05, 0) is 80.4 Å². The van der Waals surface area contributed by atoms with Gasteiger partial charge in [-0.1, -0.05) is 29.5 Å². The number of aromatic hydroxyl groups is 1. The molecular weight excluding hydrogens is 678 g/mol. The summed E-state index contributed by atoms with van der Waals surface area (Å²) in [4.78, 5) is 42.1. The number of hydrogen-bond acceptors (Lipinski definition) is 6. The molecule has 5 aromatic rings. The number of nitrogens with one attached hydrogen (secondary N) is 1. The first-order valence-electron chi connectivity index (χ1n) is 15.4. The van der Waals surface area contributed by atoms with Gasteiger partial charge in [0.2, 0.25) is 5.91 Å². The Bertz CT molecular complexity index is 2020. The summed E-state index contributed by atoms with van der Waals surface area (Å²) in [6, 6.07) is 12.8. The van der Waals surface area contributed by atoms with Gasteiger partial charge >= 0.3 is 23.1 Å². The largest absolute Gasteiger partial charge is 0.508 e. The minimum atomic E-state index is -4.91. The number of rotatable bonds is 11. The van der Waals surface area contributed by atoms with Crippen LogP contribution in [0.4, 0.5) is 28.0 Å². The average molecular weight is 713 g/mol. The average Bonchev–Trinajstić information content (AvgIpc) is 3.55. The first-order valence-corrected chi connectivity index (χ1v) is 16.2. The summed E-state index contributed by atoms with van der Waals surface area (Å²) in [5, 5.41) is 12.5. The van der Waals surface area contributed by atoms with Gasteiger partial charge in [-0.15, -0.1) is 0 Å². The number of hydrogen-bond donors (Lipinski definition) is 3. The molecule has 2 aromatic heterocycles. The Labute approximate surface area is 288 Å². The molecule has 1 atom stereocenters. The fourth-order valence-corrected chi connectivity index (χ4v) is 6.32.